The van der Waals surface area contributed by atoms with Gasteiger partial charge in [0.15, 0.2) is 0 Å². The van der Waals surface area contributed by atoms with Crippen LogP contribution in [0.4, 0.5) is 0 Å². The van der Waals surface area contributed by atoms with Crippen molar-refractivity contribution in [1.82, 2.24) is 9.78 Å². The zero-order chi connectivity index (χ0) is 12.1. The van der Waals surface area contributed by atoms with E-state index in [0.717, 1.165) is 42.9 Å². The molecule has 16 heavy (non-hydrogen) atoms. The Balaban J connectivity index is 2.64. The van der Waals surface area contributed by atoms with Gasteiger partial charge in [0, 0.05) is 31.5 Å². The first-order valence-corrected chi connectivity index (χ1v) is 5.78. The van der Waals surface area contributed by atoms with Gasteiger partial charge in [-0.3, -0.25) is 4.68 Å². The van der Waals surface area contributed by atoms with Crippen molar-refractivity contribution in [1.29, 1.82) is 0 Å². The third-order valence-corrected chi connectivity index (χ3v) is 2.82. The highest BCUT2D eigenvalue weighted by atomic mass is 16.5. The lowest BCUT2D eigenvalue weighted by Crippen LogP contribution is -2.04. The molecule has 0 fully saturated rings. The minimum Gasteiger partial charge on any atom is -0.389 e. The van der Waals surface area contributed by atoms with Gasteiger partial charge in [0.25, 0.3) is 0 Å². The van der Waals surface area contributed by atoms with E-state index in [-0.39, 0.29) is 0 Å². The van der Waals surface area contributed by atoms with Gasteiger partial charge >= 0.3 is 0 Å². The molecule has 0 radical (unpaired) electrons. The largest absolute Gasteiger partial charge is 0.389 e. The minimum absolute atomic E-state index is 0.437. The number of hydrogen-bond donors (Lipinski definition) is 1. The molecule has 1 unspecified atom stereocenters. The number of aliphatic hydroxyl groups excluding tert-OH is 1. The fourth-order valence-electron chi connectivity index (χ4n) is 2.04. The second-order valence-corrected chi connectivity index (χ2v) is 4.18. The van der Waals surface area contributed by atoms with E-state index in [1.807, 2.05) is 18.5 Å². The second-order valence-electron chi connectivity index (χ2n) is 4.18. The fraction of sp³-hybridized carbons (Fsp3) is 0.750. The van der Waals surface area contributed by atoms with Crippen LogP contribution in [0.1, 0.15) is 42.8 Å². The van der Waals surface area contributed by atoms with Crippen LogP contribution in [-0.2, 0) is 11.3 Å². The third-order valence-electron chi connectivity index (χ3n) is 2.82. The zero-order valence-electron chi connectivity index (χ0n) is 10.7. The van der Waals surface area contributed by atoms with Gasteiger partial charge in [0.05, 0.1) is 11.8 Å². The van der Waals surface area contributed by atoms with Gasteiger partial charge in [0.1, 0.15) is 0 Å². The predicted molar refractivity (Wildman–Crippen MR) is 63.4 cm³/mol. The molecule has 1 aromatic rings. The van der Waals surface area contributed by atoms with Crippen molar-refractivity contribution < 1.29 is 9.84 Å². The molecular formula is C12H22N2O2. The zero-order valence-corrected chi connectivity index (χ0v) is 10.7. The van der Waals surface area contributed by atoms with Gasteiger partial charge in [0.2, 0.25) is 0 Å². The van der Waals surface area contributed by atoms with Crippen molar-refractivity contribution in [3.8, 4) is 0 Å². The highest BCUT2D eigenvalue weighted by Crippen LogP contribution is 2.21. The van der Waals surface area contributed by atoms with Gasteiger partial charge in [-0.2, -0.15) is 5.10 Å². The summed E-state index contributed by atoms with van der Waals surface area (Å²) < 4.78 is 6.99. The van der Waals surface area contributed by atoms with E-state index in [2.05, 4.69) is 5.10 Å². The topological polar surface area (TPSA) is 47.3 Å². The lowest BCUT2D eigenvalue weighted by atomic mass is 10.1. The Bertz CT molecular complexity index is 332. The molecule has 1 aromatic heterocycles. The summed E-state index contributed by atoms with van der Waals surface area (Å²) in [6, 6.07) is 0. The molecule has 0 aromatic carbocycles. The van der Waals surface area contributed by atoms with Crippen molar-refractivity contribution in [2.75, 3.05) is 13.7 Å². The molecule has 0 bridgehead atoms. The first-order chi connectivity index (χ1) is 7.57. The number of nitrogens with zero attached hydrogens (tertiary/aromatic N) is 2. The van der Waals surface area contributed by atoms with Crippen LogP contribution in [0.15, 0.2) is 0 Å². The van der Waals surface area contributed by atoms with E-state index >= 15 is 0 Å². The fourth-order valence-corrected chi connectivity index (χ4v) is 2.04. The number of unbranched alkanes of at least 4 members (excludes halogenated alkanes) is 1. The Morgan fingerprint density at radius 3 is 2.56 bits per heavy atom. The average Bonchev–Trinajstić information content (AvgIpc) is 2.49. The van der Waals surface area contributed by atoms with E-state index in [1.54, 1.807) is 14.0 Å². The van der Waals surface area contributed by atoms with Crippen LogP contribution < -0.4 is 0 Å². The summed E-state index contributed by atoms with van der Waals surface area (Å²) in [6.45, 7) is 7.43. The standard InChI is InChI=1S/C12H22N2O2/c1-9-12(11(3)15)10(2)14(13-9)7-5-6-8-16-4/h11,15H,5-8H2,1-4H3. The average molecular weight is 226 g/mol. The van der Waals surface area contributed by atoms with Crippen LogP contribution >= 0.6 is 0 Å². The number of aromatic nitrogens is 2. The molecule has 1 heterocycles. The molecule has 0 aliphatic heterocycles. The molecule has 4 nitrogen and oxygen atoms in total. The highest BCUT2D eigenvalue weighted by Gasteiger charge is 2.14. The van der Waals surface area contributed by atoms with Crippen LogP contribution in [0.25, 0.3) is 0 Å². The summed E-state index contributed by atoms with van der Waals surface area (Å²) in [5.74, 6) is 0. The van der Waals surface area contributed by atoms with E-state index in [0.29, 0.717) is 0 Å². The lowest BCUT2D eigenvalue weighted by Gasteiger charge is -2.06. The van der Waals surface area contributed by atoms with Crippen molar-refractivity contribution >= 4 is 0 Å². The summed E-state index contributed by atoms with van der Waals surface area (Å²) in [4.78, 5) is 0. The number of aryl methyl sites for hydroxylation is 2. The minimum atomic E-state index is -0.437. The van der Waals surface area contributed by atoms with Crippen LogP contribution in [0.3, 0.4) is 0 Å². The molecule has 0 aliphatic rings. The lowest BCUT2D eigenvalue weighted by molar-refractivity contribution is 0.190. The number of aliphatic hydroxyl groups is 1. The molecular weight excluding hydrogens is 204 g/mol. The summed E-state index contributed by atoms with van der Waals surface area (Å²) in [5.41, 5.74) is 2.97. The Hall–Kier alpha value is -0.870. The molecule has 4 heteroatoms. The SMILES string of the molecule is COCCCCn1nc(C)c(C(C)O)c1C. The Kier molecular flexibility index (Phi) is 4.96. The molecule has 0 saturated carbocycles. The molecule has 0 saturated heterocycles. The molecule has 92 valence electrons. The molecule has 0 amide bonds. The Morgan fingerprint density at radius 1 is 1.38 bits per heavy atom. The van der Waals surface area contributed by atoms with Gasteiger partial charge in [-0.15, -0.1) is 0 Å². The van der Waals surface area contributed by atoms with Gasteiger partial charge in [-0.25, -0.2) is 0 Å². The van der Waals surface area contributed by atoms with E-state index in [1.165, 1.54) is 0 Å². The van der Waals surface area contributed by atoms with Crippen LogP contribution in [0.5, 0.6) is 0 Å². The molecule has 1 N–H and O–H groups in total. The summed E-state index contributed by atoms with van der Waals surface area (Å²) in [7, 11) is 1.72. The number of hydrogen-bond acceptors (Lipinski definition) is 3. The quantitative estimate of drug-likeness (QED) is 0.754. The number of ether oxygens (including phenoxy) is 1. The predicted octanol–water partition coefficient (Wildman–Crippen LogP) is 1.98. The Labute approximate surface area is 97.2 Å². The molecule has 0 aliphatic carbocycles. The van der Waals surface area contributed by atoms with Crippen molar-refractivity contribution in [3.05, 3.63) is 17.0 Å². The first kappa shape index (κ1) is 13.2. The summed E-state index contributed by atoms with van der Waals surface area (Å²) in [5, 5.41) is 14.1. The van der Waals surface area contributed by atoms with Gasteiger partial charge in [-0.1, -0.05) is 0 Å². The maximum Gasteiger partial charge on any atom is 0.0797 e. The molecule has 1 atom stereocenters. The normalized spacial score (nSPS) is 13.1. The third kappa shape index (κ3) is 3.06. The maximum atomic E-state index is 9.64. The maximum absolute atomic E-state index is 9.64. The smallest absolute Gasteiger partial charge is 0.0797 e. The second kappa shape index (κ2) is 6.01. The van der Waals surface area contributed by atoms with Crippen molar-refractivity contribution in [2.45, 2.75) is 46.3 Å². The summed E-state index contributed by atoms with van der Waals surface area (Å²) in [6.07, 6.45) is 1.65. The van der Waals surface area contributed by atoms with Crippen molar-refractivity contribution in [3.63, 3.8) is 0 Å². The van der Waals surface area contributed by atoms with Crippen LogP contribution in [0.2, 0.25) is 0 Å². The van der Waals surface area contributed by atoms with Crippen LogP contribution in [0, 0.1) is 13.8 Å². The van der Waals surface area contributed by atoms with Crippen LogP contribution in [-0.4, -0.2) is 28.6 Å². The van der Waals surface area contributed by atoms with E-state index in [4.69, 9.17) is 4.74 Å². The highest BCUT2D eigenvalue weighted by molar-refractivity contribution is 5.26. The van der Waals surface area contributed by atoms with E-state index in [9.17, 15) is 5.11 Å². The number of methoxy groups -OCH3 is 1. The van der Waals surface area contributed by atoms with E-state index < -0.39 is 6.10 Å². The Morgan fingerprint density at radius 2 is 2.06 bits per heavy atom. The summed E-state index contributed by atoms with van der Waals surface area (Å²) >= 11 is 0. The molecule has 0 spiro atoms. The van der Waals surface area contributed by atoms with Gasteiger partial charge in [-0.05, 0) is 33.6 Å². The number of rotatable bonds is 6. The first-order valence-electron chi connectivity index (χ1n) is 5.78. The van der Waals surface area contributed by atoms with Gasteiger partial charge < -0.3 is 9.84 Å². The monoisotopic (exact) mass is 226 g/mol. The van der Waals surface area contributed by atoms with Crippen molar-refractivity contribution in [2.24, 2.45) is 0 Å². The molecule has 1 rings (SSSR count).